The van der Waals surface area contributed by atoms with Crippen LogP contribution in [0.5, 0.6) is 11.5 Å². The third-order valence-corrected chi connectivity index (χ3v) is 3.40. The number of nitrogens with zero attached hydrogens (tertiary/aromatic N) is 1. The van der Waals surface area contributed by atoms with Gasteiger partial charge in [0.05, 0.1) is 31.3 Å². The number of anilines is 1. The fourth-order valence-electron chi connectivity index (χ4n) is 2.19. The van der Waals surface area contributed by atoms with Crippen molar-refractivity contribution in [2.24, 2.45) is 0 Å². The number of aromatic amines is 1. The van der Waals surface area contributed by atoms with E-state index >= 15 is 0 Å². The molecule has 2 N–H and O–H groups in total. The normalized spacial score (nSPS) is 12.1. The lowest BCUT2D eigenvalue weighted by Crippen LogP contribution is -2.08. The molecule has 5 nitrogen and oxygen atoms in total. The molecule has 1 atom stereocenters. The number of benzene rings is 1. The molecule has 2 rings (SSSR count). The Morgan fingerprint density at radius 3 is 2.40 bits per heavy atom. The van der Waals surface area contributed by atoms with Crippen LogP contribution >= 0.6 is 0 Å². The molecule has 0 aliphatic rings. The lowest BCUT2D eigenvalue weighted by molar-refractivity contribution is 0.354. The van der Waals surface area contributed by atoms with Crippen molar-refractivity contribution < 1.29 is 9.47 Å². The fourth-order valence-corrected chi connectivity index (χ4v) is 2.19. The van der Waals surface area contributed by atoms with Gasteiger partial charge in [-0.2, -0.15) is 5.10 Å². The van der Waals surface area contributed by atoms with Crippen LogP contribution in [0.1, 0.15) is 29.9 Å². The van der Waals surface area contributed by atoms with Crippen molar-refractivity contribution in [2.75, 3.05) is 19.5 Å². The van der Waals surface area contributed by atoms with Crippen molar-refractivity contribution in [2.45, 2.75) is 26.8 Å². The number of hydrogen-bond acceptors (Lipinski definition) is 4. The number of aryl methyl sites for hydroxylation is 2. The molecular weight excluding hydrogens is 254 g/mol. The summed E-state index contributed by atoms with van der Waals surface area (Å²) in [6, 6.07) is 6.08. The van der Waals surface area contributed by atoms with Gasteiger partial charge in [0.1, 0.15) is 0 Å². The summed E-state index contributed by atoms with van der Waals surface area (Å²) in [5.74, 6) is 1.47. The fraction of sp³-hybridized carbons (Fsp3) is 0.400. The molecule has 0 spiro atoms. The first-order chi connectivity index (χ1) is 9.56. The van der Waals surface area contributed by atoms with Gasteiger partial charge in [-0.3, -0.25) is 5.10 Å². The summed E-state index contributed by atoms with van der Waals surface area (Å²) in [5.41, 5.74) is 4.18. The van der Waals surface area contributed by atoms with Crippen molar-refractivity contribution in [3.63, 3.8) is 0 Å². The van der Waals surface area contributed by atoms with E-state index in [-0.39, 0.29) is 6.04 Å². The average molecular weight is 275 g/mol. The maximum absolute atomic E-state index is 5.34. The molecule has 0 aliphatic carbocycles. The van der Waals surface area contributed by atoms with Crippen LogP contribution in [0.4, 0.5) is 5.69 Å². The maximum atomic E-state index is 5.34. The number of ether oxygens (including phenoxy) is 2. The topological polar surface area (TPSA) is 59.2 Å². The molecule has 0 saturated carbocycles. The van der Waals surface area contributed by atoms with E-state index in [0.29, 0.717) is 0 Å². The summed E-state index contributed by atoms with van der Waals surface area (Å²) in [5, 5.41) is 10.6. The number of methoxy groups -OCH3 is 2. The number of H-pyrrole nitrogens is 1. The molecular formula is C15H21N3O2. The first kappa shape index (κ1) is 14.2. The van der Waals surface area contributed by atoms with Crippen LogP contribution in [0.3, 0.4) is 0 Å². The van der Waals surface area contributed by atoms with Gasteiger partial charge in [0.15, 0.2) is 11.5 Å². The van der Waals surface area contributed by atoms with E-state index in [1.807, 2.05) is 32.0 Å². The zero-order valence-electron chi connectivity index (χ0n) is 12.6. The zero-order valence-corrected chi connectivity index (χ0v) is 12.6. The van der Waals surface area contributed by atoms with Gasteiger partial charge in [-0.05, 0) is 38.5 Å². The van der Waals surface area contributed by atoms with E-state index in [1.165, 1.54) is 0 Å². The van der Waals surface area contributed by atoms with Gasteiger partial charge in [-0.1, -0.05) is 6.07 Å². The highest BCUT2D eigenvalue weighted by atomic mass is 16.5. The molecule has 0 saturated heterocycles. The second-order valence-corrected chi connectivity index (χ2v) is 4.79. The maximum Gasteiger partial charge on any atom is 0.161 e. The van der Waals surface area contributed by atoms with Crippen molar-refractivity contribution in [3.05, 3.63) is 35.2 Å². The Hall–Kier alpha value is -2.17. The molecule has 20 heavy (non-hydrogen) atoms. The molecule has 1 unspecified atom stereocenters. The Kier molecular flexibility index (Phi) is 4.17. The van der Waals surface area contributed by atoms with Crippen LogP contribution in [0.25, 0.3) is 0 Å². The van der Waals surface area contributed by atoms with Crippen LogP contribution in [0, 0.1) is 13.8 Å². The van der Waals surface area contributed by atoms with E-state index in [4.69, 9.17) is 9.47 Å². The van der Waals surface area contributed by atoms with Crippen LogP contribution in [0.15, 0.2) is 18.2 Å². The summed E-state index contributed by atoms with van der Waals surface area (Å²) in [4.78, 5) is 0. The predicted molar refractivity (Wildman–Crippen MR) is 79.6 cm³/mol. The lowest BCUT2D eigenvalue weighted by Gasteiger charge is -2.17. The smallest absolute Gasteiger partial charge is 0.161 e. The van der Waals surface area contributed by atoms with Gasteiger partial charge in [-0.25, -0.2) is 0 Å². The van der Waals surface area contributed by atoms with Crippen molar-refractivity contribution in [1.82, 2.24) is 10.2 Å². The van der Waals surface area contributed by atoms with E-state index in [0.717, 1.165) is 34.1 Å². The Morgan fingerprint density at radius 2 is 1.85 bits per heavy atom. The van der Waals surface area contributed by atoms with Crippen LogP contribution in [-0.4, -0.2) is 24.4 Å². The third-order valence-electron chi connectivity index (χ3n) is 3.40. The molecule has 1 aromatic carbocycles. The van der Waals surface area contributed by atoms with Crippen molar-refractivity contribution in [3.8, 4) is 11.5 Å². The van der Waals surface area contributed by atoms with Gasteiger partial charge in [0.2, 0.25) is 0 Å². The zero-order chi connectivity index (χ0) is 14.7. The van der Waals surface area contributed by atoms with Crippen LogP contribution < -0.4 is 14.8 Å². The first-order valence-electron chi connectivity index (χ1n) is 6.56. The Balaban J connectivity index is 2.23. The number of rotatable bonds is 5. The van der Waals surface area contributed by atoms with E-state index in [9.17, 15) is 0 Å². The van der Waals surface area contributed by atoms with Gasteiger partial charge >= 0.3 is 0 Å². The van der Waals surface area contributed by atoms with E-state index < -0.39 is 0 Å². The monoisotopic (exact) mass is 275 g/mol. The van der Waals surface area contributed by atoms with Crippen molar-refractivity contribution in [1.29, 1.82) is 0 Å². The molecule has 2 aromatic rings. The highest BCUT2D eigenvalue weighted by Crippen LogP contribution is 2.31. The summed E-state index contributed by atoms with van der Waals surface area (Å²) < 4.78 is 10.6. The summed E-state index contributed by atoms with van der Waals surface area (Å²) in [7, 11) is 3.28. The number of hydrogen-bond donors (Lipinski definition) is 2. The highest BCUT2D eigenvalue weighted by Gasteiger charge is 2.13. The predicted octanol–water partition coefficient (Wildman–Crippen LogP) is 3.22. The average Bonchev–Trinajstić information content (AvgIpc) is 2.78. The molecule has 1 heterocycles. The quantitative estimate of drug-likeness (QED) is 0.879. The standard InChI is InChI=1S/C15H21N3O2/c1-9(16-15-10(2)17-18-11(15)3)12-6-7-13(19-4)14(8-12)20-5/h6-9,16H,1-5H3,(H,17,18). The van der Waals surface area contributed by atoms with Crippen molar-refractivity contribution >= 4 is 5.69 Å². The summed E-state index contributed by atoms with van der Waals surface area (Å²) in [6.45, 7) is 6.09. The molecule has 5 heteroatoms. The minimum absolute atomic E-state index is 0.143. The number of aromatic nitrogens is 2. The van der Waals surface area contributed by atoms with Crippen LogP contribution in [-0.2, 0) is 0 Å². The lowest BCUT2D eigenvalue weighted by atomic mass is 10.1. The van der Waals surface area contributed by atoms with Crippen LogP contribution in [0.2, 0.25) is 0 Å². The Morgan fingerprint density at radius 1 is 1.15 bits per heavy atom. The SMILES string of the molecule is COc1ccc(C(C)Nc2c(C)n[nH]c2C)cc1OC. The molecule has 1 aromatic heterocycles. The third kappa shape index (κ3) is 2.71. The minimum Gasteiger partial charge on any atom is -0.493 e. The summed E-state index contributed by atoms with van der Waals surface area (Å²) >= 11 is 0. The van der Waals surface area contributed by atoms with E-state index in [2.05, 4.69) is 22.4 Å². The molecule has 0 radical (unpaired) electrons. The Bertz CT molecular complexity index is 573. The molecule has 0 bridgehead atoms. The largest absolute Gasteiger partial charge is 0.493 e. The second kappa shape index (κ2) is 5.86. The molecule has 108 valence electrons. The first-order valence-corrected chi connectivity index (χ1v) is 6.56. The van der Waals surface area contributed by atoms with Gasteiger partial charge in [0.25, 0.3) is 0 Å². The second-order valence-electron chi connectivity index (χ2n) is 4.79. The number of nitrogens with one attached hydrogen (secondary N) is 2. The Labute approximate surface area is 119 Å². The van der Waals surface area contributed by atoms with Gasteiger partial charge in [-0.15, -0.1) is 0 Å². The summed E-state index contributed by atoms with van der Waals surface area (Å²) in [6.07, 6.45) is 0. The minimum atomic E-state index is 0.143. The van der Waals surface area contributed by atoms with Gasteiger partial charge in [0, 0.05) is 6.04 Å². The molecule has 0 aliphatic heterocycles. The highest BCUT2D eigenvalue weighted by molar-refractivity contribution is 5.54. The molecule has 0 amide bonds. The van der Waals surface area contributed by atoms with E-state index in [1.54, 1.807) is 14.2 Å². The molecule has 0 fully saturated rings. The van der Waals surface area contributed by atoms with Gasteiger partial charge < -0.3 is 14.8 Å².